The minimum absolute atomic E-state index is 0.0749. The molecule has 0 aliphatic carbocycles. The van der Waals surface area contributed by atoms with Crippen molar-refractivity contribution in [1.82, 2.24) is 15.0 Å². The van der Waals surface area contributed by atoms with Gasteiger partial charge in [-0.05, 0) is 84.3 Å². The molecule has 49 heavy (non-hydrogen) atoms. The minimum Gasteiger partial charge on any atom is -0.508 e. The number of unbranched alkanes of at least 4 members (excludes halogenated alkanes) is 9. The molecular weight excluding hydrogens is 733 g/mol. The van der Waals surface area contributed by atoms with Crippen LogP contribution in [0.1, 0.15) is 108 Å². The van der Waals surface area contributed by atoms with Crippen molar-refractivity contribution >= 4 is 22.6 Å². The van der Waals surface area contributed by atoms with Crippen molar-refractivity contribution in [2.45, 2.75) is 110 Å². The summed E-state index contributed by atoms with van der Waals surface area (Å²) in [6.07, 6.45) is 13.6. The van der Waals surface area contributed by atoms with Gasteiger partial charge in [-0.2, -0.15) is 0 Å². The average Bonchev–Trinajstić information content (AvgIpc) is 3.04. The van der Waals surface area contributed by atoms with Gasteiger partial charge in [0.2, 0.25) is 0 Å². The van der Waals surface area contributed by atoms with E-state index in [1.54, 1.807) is 18.2 Å². The number of nitrogens with zero attached hydrogens (tertiary/aromatic N) is 3. The second kappa shape index (κ2) is 18.8. The second-order valence-electron chi connectivity index (χ2n) is 12.8. The van der Waals surface area contributed by atoms with Crippen molar-refractivity contribution in [3.05, 3.63) is 53.1 Å². The molecule has 0 unspecified atom stereocenters. The topological polar surface area (TPSA) is 160 Å². The summed E-state index contributed by atoms with van der Waals surface area (Å²) in [4.78, 5) is 14.5. The second-order valence-corrected chi connectivity index (χ2v) is 13.9. The van der Waals surface area contributed by atoms with Crippen molar-refractivity contribution in [3.8, 4) is 68.7 Å². The molecule has 0 radical (unpaired) electrons. The van der Waals surface area contributed by atoms with Gasteiger partial charge in [0, 0.05) is 18.2 Å². The summed E-state index contributed by atoms with van der Waals surface area (Å²) in [5.74, 6) is -0.471. The molecule has 9 nitrogen and oxygen atoms in total. The Bertz CT molecular complexity index is 1610. The molecule has 0 saturated heterocycles. The maximum absolute atomic E-state index is 11.3. The SMILES string of the molecule is CCCCCCc1cc(O)cc(O)c1-c1nc(-c2c(O)cc(O)cc2CCCCCC)nc(-c2c(O)cc(O)cc2CCCCCCI)n1. The number of rotatable bonds is 19. The van der Waals surface area contributed by atoms with Gasteiger partial charge < -0.3 is 30.6 Å². The summed E-state index contributed by atoms with van der Waals surface area (Å²) >= 11 is 2.37. The largest absolute Gasteiger partial charge is 0.508 e. The third kappa shape index (κ3) is 10.4. The van der Waals surface area contributed by atoms with Crippen LogP contribution >= 0.6 is 22.6 Å². The number of alkyl halides is 1. The van der Waals surface area contributed by atoms with E-state index in [4.69, 9.17) is 15.0 Å². The predicted octanol–water partition coefficient (Wildman–Crippen LogP) is 9.89. The van der Waals surface area contributed by atoms with Gasteiger partial charge in [0.1, 0.15) is 34.5 Å². The van der Waals surface area contributed by atoms with E-state index in [0.29, 0.717) is 52.6 Å². The Morgan fingerprint density at radius 3 is 1.04 bits per heavy atom. The van der Waals surface area contributed by atoms with Gasteiger partial charge in [0.05, 0.1) is 16.7 Å². The first-order valence-corrected chi connectivity index (χ1v) is 19.2. The zero-order valence-corrected chi connectivity index (χ0v) is 30.8. The Morgan fingerprint density at radius 2 is 0.735 bits per heavy atom. The van der Waals surface area contributed by atoms with E-state index in [0.717, 1.165) is 81.5 Å². The van der Waals surface area contributed by atoms with Crippen molar-refractivity contribution in [1.29, 1.82) is 0 Å². The molecular formula is C39H50IN3O6. The van der Waals surface area contributed by atoms with Crippen LogP contribution in [-0.4, -0.2) is 50.0 Å². The quantitative estimate of drug-likeness (QED) is 0.0309. The lowest BCUT2D eigenvalue weighted by Crippen LogP contribution is -2.05. The molecule has 6 N–H and O–H groups in total. The molecule has 0 fully saturated rings. The van der Waals surface area contributed by atoms with Crippen molar-refractivity contribution in [3.63, 3.8) is 0 Å². The molecule has 0 amide bonds. The first-order valence-electron chi connectivity index (χ1n) is 17.6. The zero-order valence-electron chi connectivity index (χ0n) is 28.7. The summed E-state index contributed by atoms with van der Waals surface area (Å²) in [7, 11) is 0. The first kappa shape index (κ1) is 38.0. The summed E-state index contributed by atoms with van der Waals surface area (Å²) < 4.78 is 1.09. The van der Waals surface area contributed by atoms with E-state index in [2.05, 4.69) is 36.4 Å². The lowest BCUT2D eigenvalue weighted by atomic mass is 9.96. The molecule has 0 spiro atoms. The molecule has 4 rings (SSSR count). The maximum atomic E-state index is 11.3. The van der Waals surface area contributed by atoms with Crippen LogP contribution in [0.2, 0.25) is 0 Å². The van der Waals surface area contributed by atoms with E-state index in [1.165, 1.54) is 18.2 Å². The van der Waals surface area contributed by atoms with Crippen molar-refractivity contribution in [2.75, 3.05) is 4.43 Å². The molecule has 1 aromatic heterocycles. The van der Waals surface area contributed by atoms with Crippen LogP contribution in [0.25, 0.3) is 34.2 Å². The van der Waals surface area contributed by atoms with E-state index < -0.39 is 0 Å². The Labute approximate surface area is 303 Å². The van der Waals surface area contributed by atoms with Gasteiger partial charge >= 0.3 is 0 Å². The number of hydrogen-bond donors (Lipinski definition) is 6. The molecule has 0 bridgehead atoms. The lowest BCUT2D eigenvalue weighted by molar-refractivity contribution is 0.449. The normalized spacial score (nSPS) is 11.3. The first-order chi connectivity index (χ1) is 23.7. The third-order valence-electron chi connectivity index (χ3n) is 8.79. The fourth-order valence-corrected chi connectivity index (χ4v) is 6.87. The van der Waals surface area contributed by atoms with E-state index in [9.17, 15) is 30.6 Å². The van der Waals surface area contributed by atoms with Crippen LogP contribution in [0.3, 0.4) is 0 Å². The number of benzene rings is 3. The van der Waals surface area contributed by atoms with Crippen LogP contribution in [0.4, 0.5) is 0 Å². The fourth-order valence-electron chi connectivity index (χ4n) is 6.33. The van der Waals surface area contributed by atoms with Gasteiger partial charge in [-0.1, -0.05) is 87.8 Å². The molecule has 4 aromatic rings. The van der Waals surface area contributed by atoms with Crippen molar-refractivity contribution < 1.29 is 30.6 Å². The predicted molar refractivity (Wildman–Crippen MR) is 203 cm³/mol. The Kier molecular flexibility index (Phi) is 14.6. The van der Waals surface area contributed by atoms with Crippen LogP contribution < -0.4 is 0 Å². The molecule has 0 saturated carbocycles. The van der Waals surface area contributed by atoms with Gasteiger partial charge in [0.25, 0.3) is 0 Å². The monoisotopic (exact) mass is 783 g/mol. The molecule has 10 heteroatoms. The van der Waals surface area contributed by atoms with E-state index in [1.807, 2.05) is 0 Å². The maximum Gasteiger partial charge on any atom is 0.168 e. The van der Waals surface area contributed by atoms with Gasteiger partial charge in [0.15, 0.2) is 17.5 Å². The van der Waals surface area contributed by atoms with Gasteiger partial charge in [-0.3, -0.25) is 0 Å². The van der Waals surface area contributed by atoms with Crippen LogP contribution in [0, 0.1) is 0 Å². The Morgan fingerprint density at radius 1 is 0.429 bits per heavy atom. The van der Waals surface area contributed by atoms with Crippen LogP contribution in [0.15, 0.2) is 36.4 Å². The zero-order chi connectivity index (χ0) is 35.3. The Hall–Kier alpha value is -3.80. The summed E-state index contributed by atoms with van der Waals surface area (Å²) in [5.41, 5.74) is 3.00. The minimum atomic E-state index is -0.200. The molecule has 3 aromatic carbocycles. The summed E-state index contributed by atoms with van der Waals surface area (Å²) in [5, 5.41) is 65.2. The van der Waals surface area contributed by atoms with Crippen LogP contribution in [0.5, 0.6) is 34.5 Å². The number of aryl methyl sites for hydroxylation is 3. The number of aromatic nitrogens is 3. The van der Waals surface area contributed by atoms with Crippen molar-refractivity contribution in [2.24, 2.45) is 0 Å². The summed E-state index contributed by atoms with van der Waals surface area (Å²) in [6, 6.07) is 8.60. The molecule has 1 heterocycles. The number of aromatic hydroxyl groups is 6. The number of hydrogen-bond acceptors (Lipinski definition) is 9. The van der Waals surface area contributed by atoms with Crippen LogP contribution in [-0.2, 0) is 19.3 Å². The van der Waals surface area contributed by atoms with E-state index in [-0.39, 0.29) is 52.0 Å². The average molecular weight is 784 g/mol. The molecule has 0 aliphatic heterocycles. The van der Waals surface area contributed by atoms with E-state index >= 15 is 0 Å². The third-order valence-corrected chi connectivity index (χ3v) is 9.55. The number of halogens is 1. The highest BCUT2D eigenvalue weighted by atomic mass is 127. The highest BCUT2D eigenvalue weighted by molar-refractivity contribution is 14.1. The van der Waals surface area contributed by atoms with Gasteiger partial charge in [-0.25, -0.2) is 15.0 Å². The number of phenols is 6. The van der Waals surface area contributed by atoms with Gasteiger partial charge in [-0.15, -0.1) is 0 Å². The standard InChI is InChI=1S/C39H50IN3O6/c1-3-5-7-11-15-25-19-28(44)22-31(47)34(25)37-41-38(35-26(16-12-8-6-4-2)20-29(45)23-32(35)48)43-39(42-37)36-27(17-13-9-10-14-18-40)21-30(46)24-33(36)49/h19-24,44-49H,3-18H2,1-2H3. The fraction of sp³-hybridized carbons (Fsp3) is 0.462. The molecule has 264 valence electrons. The molecule has 0 atom stereocenters. The smallest absolute Gasteiger partial charge is 0.168 e. The Balaban J connectivity index is 1.96. The summed E-state index contributed by atoms with van der Waals surface area (Å²) in [6.45, 7) is 4.27. The highest BCUT2D eigenvalue weighted by Gasteiger charge is 2.24. The lowest BCUT2D eigenvalue weighted by Gasteiger charge is -2.17. The highest BCUT2D eigenvalue weighted by Crippen LogP contribution is 2.42. The molecule has 0 aliphatic rings. The number of phenolic OH excluding ortho intramolecular Hbond substituents is 6.